The van der Waals surface area contributed by atoms with Crippen LogP contribution in [0.2, 0.25) is 36.3 Å². The van der Waals surface area contributed by atoms with E-state index in [2.05, 4.69) is 100 Å². The highest BCUT2D eigenvalue weighted by molar-refractivity contribution is 6.93. The molecule has 0 fully saturated rings. The fourth-order valence-corrected chi connectivity index (χ4v) is 20.0. The molecule has 0 heterocycles. The maximum atomic E-state index is 3.99. The fraction of sp³-hybridized carbons (Fsp3) is 0.667. The lowest BCUT2D eigenvalue weighted by Crippen LogP contribution is -2.51. The minimum Gasteiger partial charge on any atom is -0.103 e. The molecule has 318 valence electrons. The van der Waals surface area contributed by atoms with Crippen LogP contribution in [-0.2, 0) is 0 Å². The fourth-order valence-electron chi connectivity index (χ4n) is 9.43. The molecular formula is C54H94Si2. The molecule has 1 aromatic rings. The van der Waals surface area contributed by atoms with Gasteiger partial charge in [0.1, 0.15) is 0 Å². The van der Waals surface area contributed by atoms with Crippen LogP contribution in [0.1, 0.15) is 193 Å². The molecule has 0 unspecified atom stereocenters. The first-order chi connectivity index (χ1) is 27.6. The first kappa shape index (κ1) is 52.1. The molecule has 0 radical (unpaired) electrons. The number of unbranched alkanes of at least 4 members (excludes halogenated alkanes) is 24. The topological polar surface area (TPSA) is 0 Å². The molecule has 56 heavy (non-hydrogen) atoms. The second-order valence-corrected chi connectivity index (χ2v) is 26.9. The van der Waals surface area contributed by atoms with Crippen molar-refractivity contribution in [2.75, 3.05) is 0 Å². The van der Waals surface area contributed by atoms with Gasteiger partial charge < -0.3 is 0 Å². The van der Waals surface area contributed by atoms with E-state index >= 15 is 0 Å². The summed E-state index contributed by atoms with van der Waals surface area (Å²) in [6, 6.07) is 20.0. The van der Waals surface area contributed by atoms with Crippen molar-refractivity contribution in [3.8, 4) is 0 Å². The summed E-state index contributed by atoms with van der Waals surface area (Å²) in [5.41, 5.74) is 0. The molecule has 0 spiro atoms. The molecule has 0 aliphatic rings. The Balaban J connectivity index is 3.51. The highest BCUT2D eigenvalue weighted by Crippen LogP contribution is 2.33. The molecule has 0 nitrogen and oxygen atoms in total. The van der Waals surface area contributed by atoms with E-state index in [9.17, 15) is 0 Å². The molecule has 0 aliphatic heterocycles. The lowest BCUT2D eigenvalue weighted by Gasteiger charge is -2.36. The number of rotatable bonds is 44. The van der Waals surface area contributed by atoms with E-state index < -0.39 is 16.1 Å². The second-order valence-electron chi connectivity index (χ2n) is 17.6. The van der Waals surface area contributed by atoms with E-state index in [0.29, 0.717) is 0 Å². The normalized spacial score (nSPS) is 11.7. The van der Waals surface area contributed by atoms with Crippen LogP contribution in [0.3, 0.4) is 0 Å². The van der Waals surface area contributed by atoms with Crippen LogP contribution in [-0.4, -0.2) is 16.1 Å². The van der Waals surface area contributed by atoms with Crippen LogP contribution in [0.15, 0.2) is 100 Å². The lowest BCUT2D eigenvalue weighted by atomic mass is 10.1. The Bertz CT molecular complexity index is 908. The average Bonchev–Trinajstić information content (AvgIpc) is 3.22. The smallest absolute Gasteiger partial charge is 0.0867 e. The van der Waals surface area contributed by atoms with Gasteiger partial charge in [-0.1, -0.05) is 223 Å². The van der Waals surface area contributed by atoms with Crippen LogP contribution in [0.4, 0.5) is 0 Å². The molecule has 0 bridgehead atoms. The van der Waals surface area contributed by atoms with Gasteiger partial charge in [0.25, 0.3) is 0 Å². The third-order valence-electron chi connectivity index (χ3n) is 13.0. The minimum atomic E-state index is -1.66. The Kier molecular flexibility index (Phi) is 34.8. The molecule has 2 heteroatoms. The molecule has 0 saturated heterocycles. The Hall–Kier alpha value is -1.91. The predicted octanol–water partition coefficient (Wildman–Crippen LogP) is 17.8. The number of hydrogen-bond donors (Lipinski definition) is 0. The number of allylic oxidation sites excluding steroid dienone is 6. The molecule has 0 aliphatic carbocycles. The van der Waals surface area contributed by atoms with E-state index in [-0.39, 0.29) is 0 Å². The van der Waals surface area contributed by atoms with Crippen molar-refractivity contribution in [1.29, 1.82) is 0 Å². The molecule has 1 rings (SSSR count). The first-order valence-electron chi connectivity index (χ1n) is 24.3. The Morgan fingerprint density at radius 2 is 0.411 bits per heavy atom. The van der Waals surface area contributed by atoms with Crippen LogP contribution in [0.25, 0.3) is 0 Å². The molecule has 0 saturated carbocycles. The van der Waals surface area contributed by atoms with Gasteiger partial charge in [-0.15, -0.1) is 39.5 Å². The van der Waals surface area contributed by atoms with Gasteiger partial charge in [-0.2, -0.15) is 0 Å². The van der Waals surface area contributed by atoms with Crippen LogP contribution in [0, 0.1) is 0 Å². The van der Waals surface area contributed by atoms with Gasteiger partial charge in [-0.05, 0) is 77.0 Å². The highest BCUT2D eigenvalue weighted by atomic mass is 28.3. The molecule has 0 atom stereocenters. The number of benzene rings is 1. The zero-order chi connectivity index (χ0) is 40.7. The predicted molar refractivity (Wildman–Crippen MR) is 266 cm³/mol. The third-order valence-corrected chi connectivity index (χ3v) is 24.0. The molecule has 0 aromatic heterocycles. The van der Waals surface area contributed by atoms with E-state index in [1.165, 1.54) is 229 Å². The molecule has 0 N–H and O–H groups in total. The Morgan fingerprint density at radius 1 is 0.250 bits per heavy atom. The quantitative estimate of drug-likeness (QED) is 0.0350. The van der Waals surface area contributed by atoms with Crippen LogP contribution in [0.5, 0.6) is 0 Å². The first-order valence-corrected chi connectivity index (χ1v) is 29.6. The van der Waals surface area contributed by atoms with Crippen molar-refractivity contribution in [1.82, 2.24) is 0 Å². The largest absolute Gasteiger partial charge is 0.103 e. The van der Waals surface area contributed by atoms with Gasteiger partial charge in [0.05, 0.1) is 16.1 Å². The summed E-state index contributed by atoms with van der Waals surface area (Å²) < 4.78 is 0. The summed E-state index contributed by atoms with van der Waals surface area (Å²) >= 11 is 0. The van der Waals surface area contributed by atoms with Gasteiger partial charge >= 0.3 is 0 Å². The second kappa shape index (κ2) is 37.4. The van der Waals surface area contributed by atoms with E-state index in [4.69, 9.17) is 0 Å². The van der Waals surface area contributed by atoms with Crippen LogP contribution >= 0.6 is 0 Å². The SMILES string of the molecule is C=CCCCCCC[Si](CCCCCCC=C)(CCCCCCC=C)c1ccc([Si](CCCCCCC=C)(CCCCCCC=C)CCCCCCC=C)cc1. The molecular weight excluding hydrogens is 705 g/mol. The Labute approximate surface area is 354 Å². The molecule has 0 amide bonds. The van der Waals surface area contributed by atoms with Gasteiger partial charge in [0, 0.05) is 0 Å². The molecule has 1 aromatic carbocycles. The summed E-state index contributed by atoms with van der Waals surface area (Å²) in [6.07, 6.45) is 52.5. The van der Waals surface area contributed by atoms with Crippen molar-refractivity contribution in [3.05, 3.63) is 100 Å². The van der Waals surface area contributed by atoms with Gasteiger partial charge in [-0.25, -0.2) is 0 Å². The average molecular weight is 800 g/mol. The van der Waals surface area contributed by atoms with Gasteiger partial charge in [0.15, 0.2) is 0 Å². The summed E-state index contributed by atoms with van der Waals surface area (Å²) in [7, 11) is -3.32. The van der Waals surface area contributed by atoms with Gasteiger partial charge in [-0.3, -0.25) is 0 Å². The number of hydrogen-bond acceptors (Lipinski definition) is 0. The van der Waals surface area contributed by atoms with Crippen molar-refractivity contribution < 1.29 is 0 Å². The summed E-state index contributed by atoms with van der Waals surface area (Å²) in [5, 5.41) is 3.62. The van der Waals surface area contributed by atoms with Crippen LogP contribution < -0.4 is 10.4 Å². The zero-order valence-corrected chi connectivity index (χ0v) is 39.5. The van der Waals surface area contributed by atoms with Gasteiger partial charge in [0.2, 0.25) is 0 Å². The third kappa shape index (κ3) is 24.8. The summed E-state index contributed by atoms with van der Waals surface area (Å²) in [5.74, 6) is 0. The highest BCUT2D eigenvalue weighted by Gasteiger charge is 2.36. The minimum absolute atomic E-state index is 1.17. The van der Waals surface area contributed by atoms with Crippen molar-refractivity contribution in [2.24, 2.45) is 0 Å². The van der Waals surface area contributed by atoms with E-state index in [0.717, 1.165) is 0 Å². The maximum absolute atomic E-state index is 3.99. The summed E-state index contributed by atoms with van der Waals surface area (Å²) in [4.78, 5) is 0. The van der Waals surface area contributed by atoms with Crippen molar-refractivity contribution in [2.45, 2.75) is 229 Å². The zero-order valence-electron chi connectivity index (χ0n) is 37.5. The lowest BCUT2D eigenvalue weighted by molar-refractivity contribution is 0.647. The monoisotopic (exact) mass is 799 g/mol. The standard InChI is InChI=1S/C54H94Si2/c1-7-13-19-25-31-37-47-55(48-38-32-26-20-14-8-2,49-39-33-27-21-15-9-3)53-43-45-54(46-44-53)56(50-40-34-28-22-16-10-4,51-41-35-29-23-17-11-5)52-42-36-30-24-18-12-6/h7-12,43-46H,1-6,13-42,47-52H2. The van der Waals surface area contributed by atoms with Crippen molar-refractivity contribution >= 4 is 26.5 Å². The van der Waals surface area contributed by atoms with Crippen molar-refractivity contribution in [3.63, 3.8) is 0 Å². The summed E-state index contributed by atoms with van der Waals surface area (Å²) in [6.45, 7) is 23.9. The van der Waals surface area contributed by atoms with E-state index in [1.807, 2.05) is 10.4 Å². The maximum Gasteiger partial charge on any atom is 0.0867 e. The Morgan fingerprint density at radius 3 is 0.571 bits per heavy atom. The van der Waals surface area contributed by atoms with E-state index in [1.54, 1.807) is 0 Å².